The summed E-state index contributed by atoms with van der Waals surface area (Å²) in [6, 6.07) is 5.56. The monoisotopic (exact) mass is 454 g/mol. The minimum Gasteiger partial charge on any atom is -0.372 e. The number of anilines is 2. The maximum Gasteiger partial charge on any atom is 0.390 e. The number of hydrogen-bond donors (Lipinski definition) is 1. The first-order chi connectivity index (χ1) is 15.0. The van der Waals surface area contributed by atoms with E-state index in [-0.39, 0.29) is 23.8 Å². The van der Waals surface area contributed by atoms with Crippen molar-refractivity contribution in [2.24, 2.45) is 0 Å². The first-order valence-electron chi connectivity index (χ1n) is 10.1. The van der Waals surface area contributed by atoms with Crippen LogP contribution in [0.15, 0.2) is 29.1 Å². The number of morpholine rings is 1. The summed E-state index contributed by atoms with van der Waals surface area (Å²) in [6.45, 7) is 3.99. The molecular weight excluding hydrogens is 432 g/mol. The van der Waals surface area contributed by atoms with Crippen molar-refractivity contribution in [2.75, 3.05) is 23.7 Å². The lowest BCUT2D eigenvalue weighted by Crippen LogP contribution is -2.46. The summed E-state index contributed by atoms with van der Waals surface area (Å²) in [4.78, 5) is 19.1. The van der Waals surface area contributed by atoms with Gasteiger partial charge in [-0.15, -0.1) is 5.10 Å². The third-order valence-corrected chi connectivity index (χ3v) is 5.19. The van der Waals surface area contributed by atoms with Gasteiger partial charge in [-0.05, 0) is 38.1 Å². The highest BCUT2D eigenvalue weighted by molar-refractivity contribution is 5.86. The van der Waals surface area contributed by atoms with Crippen LogP contribution in [0.5, 0.6) is 0 Å². The Bertz CT molecular complexity index is 1180. The van der Waals surface area contributed by atoms with Gasteiger partial charge in [0.05, 0.1) is 25.2 Å². The highest BCUT2D eigenvalue weighted by Crippen LogP contribution is 2.35. The van der Waals surface area contributed by atoms with Crippen LogP contribution in [0.2, 0.25) is 0 Å². The summed E-state index contributed by atoms with van der Waals surface area (Å²) in [7, 11) is 0. The summed E-state index contributed by atoms with van der Waals surface area (Å²) in [5, 5.41) is 4.20. The maximum atomic E-state index is 13.5. The van der Waals surface area contributed by atoms with E-state index >= 15 is 0 Å². The number of rotatable bonds is 4. The van der Waals surface area contributed by atoms with Crippen molar-refractivity contribution < 1.29 is 22.3 Å². The lowest BCUT2D eigenvalue weighted by atomic mass is 10.1. The van der Waals surface area contributed by atoms with Crippen LogP contribution in [0.1, 0.15) is 20.3 Å². The average molecular weight is 454 g/mol. The average Bonchev–Trinajstić information content (AvgIpc) is 3.02. The summed E-state index contributed by atoms with van der Waals surface area (Å²) >= 11 is 0. The second-order valence-corrected chi connectivity index (χ2v) is 7.87. The Morgan fingerprint density at radius 3 is 2.38 bits per heavy atom. The number of nitrogens with two attached hydrogens (primary N) is 1. The van der Waals surface area contributed by atoms with Crippen molar-refractivity contribution in [1.82, 2.24) is 19.2 Å². The first kappa shape index (κ1) is 22.1. The smallest absolute Gasteiger partial charge is 0.372 e. The minimum atomic E-state index is -4.45. The molecule has 0 bridgehead atoms. The van der Waals surface area contributed by atoms with Crippen LogP contribution in [0.25, 0.3) is 16.9 Å². The number of ether oxygens (including phenoxy) is 1. The van der Waals surface area contributed by atoms with Crippen molar-refractivity contribution in [1.29, 1.82) is 0 Å². The normalized spacial score (nSPS) is 19.6. The summed E-state index contributed by atoms with van der Waals surface area (Å²) < 4.78 is 59.3. The quantitative estimate of drug-likeness (QED) is 0.610. The molecule has 1 aliphatic rings. The molecule has 0 saturated carbocycles. The Morgan fingerprint density at radius 2 is 1.78 bits per heavy atom. The molecule has 3 heterocycles. The topological polar surface area (TPSA) is 90.7 Å². The van der Waals surface area contributed by atoms with Gasteiger partial charge >= 0.3 is 11.9 Å². The standard InChI is InChI=1S/C20H22F4N6O2/c1-11-9-28(10-12(2)32-11)16-15(13-3-5-14(21)6-4-13)26-18(25)30-17(16)27-29(19(30)31)8-7-20(22,23)24/h3-6,11-12H,7-10H2,1-2H3,(H2,25,26). The number of hydrogen-bond acceptors (Lipinski definition) is 6. The molecule has 0 radical (unpaired) electrons. The Labute approximate surface area is 180 Å². The zero-order chi connectivity index (χ0) is 23.2. The predicted molar refractivity (Wildman–Crippen MR) is 110 cm³/mol. The van der Waals surface area contributed by atoms with Crippen LogP contribution in [0.4, 0.5) is 29.2 Å². The predicted octanol–water partition coefficient (Wildman–Crippen LogP) is 2.85. The van der Waals surface area contributed by atoms with Crippen LogP contribution < -0.4 is 16.3 Å². The van der Waals surface area contributed by atoms with Gasteiger partial charge < -0.3 is 15.4 Å². The number of nitrogens with zero attached hydrogens (tertiary/aromatic N) is 5. The largest absolute Gasteiger partial charge is 0.390 e. The van der Waals surface area contributed by atoms with Gasteiger partial charge in [-0.1, -0.05) is 0 Å². The van der Waals surface area contributed by atoms with Gasteiger partial charge in [0.25, 0.3) is 0 Å². The van der Waals surface area contributed by atoms with E-state index in [0.29, 0.717) is 30.0 Å². The second kappa shape index (κ2) is 8.08. The third-order valence-electron chi connectivity index (χ3n) is 5.19. The fourth-order valence-corrected chi connectivity index (χ4v) is 3.93. The zero-order valence-corrected chi connectivity index (χ0v) is 17.4. The Balaban J connectivity index is 1.94. The van der Waals surface area contributed by atoms with Crippen LogP contribution in [-0.4, -0.2) is 50.6 Å². The molecule has 4 rings (SSSR count). The first-order valence-corrected chi connectivity index (χ1v) is 10.1. The van der Waals surface area contributed by atoms with Crippen molar-refractivity contribution >= 4 is 17.3 Å². The molecule has 0 spiro atoms. The molecule has 0 amide bonds. The molecule has 32 heavy (non-hydrogen) atoms. The van der Waals surface area contributed by atoms with Gasteiger partial charge in [-0.2, -0.15) is 13.2 Å². The molecule has 1 fully saturated rings. The van der Waals surface area contributed by atoms with Gasteiger partial charge in [0.15, 0.2) is 5.65 Å². The third kappa shape index (κ3) is 4.27. The fraction of sp³-hybridized carbons (Fsp3) is 0.450. The Hall–Kier alpha value is -3.15. The number of aromatic nitrogens is 4. The summed E-state index contributed by atoms with van der Waals surface area (Å²) in [6.07, 6.45) is -5.97. The molecule has 12 heteroatoms. The van der Waals surface area contributed by atoms with Crippen molar-refractivity contribution in [3.8, 4) is 11.3 Å². The highest BCUT2D eigenvalue weighted by Gasteiger charge is 2.31. The number of benzene rings is 1. The molecule has 2 unspecified atom stereocenters. The fourth-order valence-electron chi connectivity index (χ4n) is 3.93. The van der Waals surface area contributed by atoms with Gasteiger partial charge in [0.1, 0.15) is 17.2 Å². The number of nitrogen functional groups attached to an aromatic ring is 1. The Morgan fingerprint density at radius 1 is 1.16 bits per heavy atom. The zero-order valence-electron chi connectivity index (χ0n) is 17.4. The van der Waals surface area contributed by atoms with Crippen molar-refractivity contribution in [2.45, 2.75) is 45.2 Å². The molecule has 1 aliphatic heterocycles. The lowest BCUT2D eigenvalue weighted by Gasteiger charge is -2.37. The highest BCUT2D eigenvalue weighted by atomic mass is 19.4. The van der Waals surface area contributed by atoms with E-state index in [2.05, 4.69) is 10.1 Å². The molecule has 1 saturated heterocycles. The van der Waals surface area contributed by atoms with Crippen molar-refractivity contribution in [3.05, 3.63) is 40.6 Å². The number of alkyl halides is 3. The van der Waals surface area contributed by atoms with E-state index in [1.807, 2.05) is 18.7 Å². The molecule has 3 aromatic rings. The molecule has 2 aromatic heterocycles. The Kier molecular flexibility index (Phi) is 5.57. The van der Waals surface area contributed by atoms with Gasteiger partial charge in [0.2, 0.25) is 5.95 Å². The summed E-state index contributed by atoms with van der Waals surface area (Å²) in [5.41, 5.74) is 6.62. The van der Waals surface area contributed by atoms with Crippen LogP contribution in [0, 0.1) is 5.82 Å². The number of aryl methyl sites for hydroxylation is 1. The van der Waals surface area contributed by atoms with E-state index in [0.717, 1.165) is 9.08 Å². The molecule has 1 aromatic carbocycles. The van der Waals surface area contributed by atoms with Gasteiger partial charge in [0, 0.05) is 18.7 Å². The molecule has 2 N–H and O–H groups in total. The second-order valence-electron chi connectivity index (χ2n) is 7.87. The number of fused-ring (bicyclic) bond motifs is 1. The lowest BCUT2D eigenvalue weighted by molar-refractivity contribution is -0.137. The molecule has 172 valence electrons. The van der Waals surface area contributed by atoms with Crippen molar-refractivity contribution in [3.63, 3.8) is 0 Å². The molecular formula is C20H22F4N6O2. The van der Waals surface area contributed by atoms with Crippen LogP contribution in [0.3, 0.4) is 0 Å². The van der Waals surface area contributed by atoms with E-state index in [1.165, 1.54) is 24.3 Å². The van der Waals surface area contributed by atoms with Crippen LogP contribution in [-0.2, 0) is 11.3 Å². The van der Waals surface area contributed by atoms with E-state index in [4.69, 9.17) is 10.5 Å². The SMILES string of the molecule is CC1CN(c2c(-c3ccc(F)cc3)nc(N)n3c(=O)n(CCC(F)(F)F)nc23)CC(C)O1. The van der Waals surface area contributed by atoms with Crippen LogP contribution >= 0.6 is 0 Å². The maximum absolute atomic E-state index is 13.5. The molecule has 8 nitrogen and oxygen atoms in total. The van der Waals surface area contributed by atoms with Gasteiger partial charge in [-0.25, -0.2) is 23.3 Å². The minimum absolute atomic E-state index is 0.0882. The summed E-state index contributed by atoms with van der Waals surface area (Å²) in [5.74, 6) is -0.661. The number of halogens is 4. The van der Waals surface area contributed by atoms with E-state index in [1.54, 1.807) is 0 Å². The molecule has 2 atom stereocenters. The van der Waals surface area contributed by atoms with Gasteiger partial charge in [-0.3, -0.25) is 0 Å². The molecule has 0 aliphatic carbocycles. The van der Waals surface area contributed by atoms with E-state index < -0.39 is 30.6 Å². The van der Waals surface area contributed by atoms with E-state index in [9.17, 15) is 22.4 Å².